The van der Waals surface area contributed by atoms with Crippen LogP contribution in [-0.2, 0) is 64.0 Å². The summed E-state index contributed by atoms with van der Waals surface area (Å²) in [7, 11) is 0. The fraction of sp³-hybridized carbons (Fsp3) is 0.518. The molecule has 6 aromatic rings. The summed E-state index contributed by atoms with van der Waals surface area (Å²) in [5.74, 6) is 0.848. The second-order valence-electron chi connectivity index (χ2n) is 21.1. The molecule has 7 heterocycles. The van der Waals surface area contributed by atoms with Crippen LogP contribution in [0, 0.1) is 13.8 Å². The molecule has 2 unspecified atom stereocenters. The van der Waals surface area contributed by atoms with Gasteiger partial charge < -0.3 is 14.6 Å². The highest BCUT2D eigenvalue weighted by Crippen LogP contribution is 2.29. The van der Waals surface area contributed by atoms with E-state index in [4.69, 9.17) is 19.4 Å². The van der Waals surface area contributed by atoms with E-state index in [1.807, 2.05) is 76.9 Å². The minimum Gasteiger partial charge on any atom is -0.481 e. The molecule has 8 rings (SSSR count). The standard InChI is InChI=1S/C32H44N6O4.C24H29N5O2/c1-22-33-20-24(21-34-22)27(19-28(39)41-31(2,3)4)38-26(16-17-35-38)13-10-12-25-15-14-23-11-8-9-18-37(29(23)36-25)30(40)42-32(5,6)7;1-17-25-15-19(16-26-17)23(14-24(30)31)29-21(12-13-27-29)8-5-7-20-11-10-18-6-3-2-4-9-22(18)28-20/h14-17,20-21,27H,8-13,18-19H2,1-7H3;10-13,15-16,23H,2-9,14H2,1H3,(H,30,31). The van der Waals surface area contributed by atoms with Gasteiger partial charge in [-0.05, 0) is 174 Å². The Morgan fingerprint density at radius 1 is 0.603 bits per heavy atom. The number of amides is 1. The summed E-state index contributed by atoms with van der Waals surface area (Å²) in [5, 5.41) is 18.5. The lowest BCUT2D eigenvalue weighted by Gasteiger charge is -2.27. The summed E-state index contributed by atoms with van der Waals surface area (Å²) >= 11 is 0. The lowest BCUT2D eigenvalue weighted by atomic mass is 10.0. The molecule has 17 heteroatoms. The van der Waals surface area contributed by atoms with Crippen molar-refractivity contribution < 1.29 is 29.0 Å². The zero-order chi connectivity index (χ0) is 52.1. The number of carbonyl (C=O) groups is 3. The van der Waals surface area contributed by atoms with Crippen LogP contribution in [0.15, 0.2) is 73.6 Å². The smallest absolute Gasteiger partial charge is 0.416 e. The van der Waals surface area contributed by atoms with Crippen molar-refractivity contribution in [3.05, 3.63) is 136 Å². The van der Waals surface area contributed by atoms with Gasteiger partial charge in [-0.25, -0.2) is 29.7 Å². The van der Waals surface area contributed by atoms with Gasteiger partial charge in [0.15, 0.2) is 0 Å². The van der Waals surface area contributed by atoms with Crippen molar-refractivity contribution in [3.63, 3.8) is 0 Å². The van der Waals surface area contributed by atoms with Gasteiger partial charge in [-0.2, -0.15) is 10.2 Å². The molecule has 6 aromatic heterocycles. The van der Waals surface area contributed by atoms with E-state index in [9.17, 15) is 19.5 Å². The quantitative estimate of drug-likeness (QED) is 0.0708. The third-order valence-electron chi connectivity index (χ3n) is 12.8. The average Bonchev–Trinajstić information content (AvgIpc) is 3.86. The van der Waals surface area contributed by atoms with Gasteiger partial charge in [0, 0.05) is 83.3 Å². The van der Waals surface area contributed by atoms with Gasteiger partial charge in [-0.3, -0.25) is 28.8 Å². The molecule has 0 saturated carbocycles. The lowest BCUT2D eigenvalue weighted by Crippen LogP contribution is -2.38. The van der Waals surface area contributed by atoms with Crippen molar-refractivity contribution in [2.24, 2.45) is 0 Å². The fourth-order valence-corrected chi connectivity index (χ4v) is 9.30. The molecule has 73 heavy (non-hydrogen) atoms. The van der Waals surface area contributed by atoms with Gasteiger partial charge in [0.25, 0.3) is 0 Å². The van der Waals surface area contributed by atoms with Gasteiger partial charge >= 0.3 is 18.0 Å². The molecule has 0 fully saturated rings. The van der Waals surface area contributed by atoms with E-state index in [1.165, 1.54) is 30.5 Å². The maximum absolute atomic E-state index is 13.0. The number of fused-ring (bicyclic) bond motifs is 2. The summed E-state index contributed by atoms with van der Waals surface area (Å²) < 4.78 is 15.0. The number of carbonyl (C=O) groups excluding carboxylic acids is 2. The predicted molar refractivity (Wildman–Crippen MR) is 277 cm³/mol. The Kier molecular flexibility index (Phi) is 18.2. The first-order chi connectivity index (χ1) is 34.9. The van der Waals surface area contributed by atoms with Crippen LogP contribution >= 0.6 is 0 Å². The molecule has 0 saturated heterocycles. The molecule has 0 bridgehead atoms. The van der Waals surface area contributed by atoms with Crippen molar-refractivity contribution >= 4 is 23.8 Å². The molecular formula is C56H73N11O6. The maximum atomic E-state index is 13.0. The van der Waals surface area contributed by atoms with Crippen LogP contribution in [0.2, 0.25) is 0 Å². The highest BCUT2D eigenvalue weighted by atomic mass is 16.6. The van der Waals surface area contributed by atoms with E-state index in [0.717, 1.165) is 110 Å². The largest absolute Gasteiger partial charge is 0.481 e. The van der Waals surface area contributed by atoms with Gasteiger partial charge in [0.1, 0.15) is 28.7 Å². The summed E-state index contributed by atoms with van der Waals surface area (Å²) in [4.78, 5) is 66.1. The highest BCUT2D eigenvalue weighted by molar-refractivity contribution is 5.87. The number of hydrogen-bond donors (Lipinski definition) is 1. The van der Waals surface area contributed by atoms with Crippen LogP contribution < -0.4 is 4.90 Å². The number of hydrogen-bond acceptors (Lipinski definition) is 13. The monoisotopic (exact) mass is 996 g/mol. The Morgan fingerprint density at radius 3 is 1.67 bits per heavy atom. The van der Waals surface area contributed by atoms with Crippen molar-refractivity contribution in [1.29, 1.82) is 0 Å². The zero-order valence-electron chi connectivity index (χ0n) is 44.0. The van der Waals surface area contributed by atoms with Gasteiger partial charge in [-0.1, -0.05) is 18.6 Å². The molecule has 1 aliphatic heterocycles. The molecule has 2 atom stereocenters. The highest BCUT2D eigenvalue weighted by Gasteiger charge is 2.29. The molecule has 0 aromatic carbocycles. The Morgan fingerprint density at radius 2 is 1.11 bits per heavy atom. The van der Waals surface area contributed by atoms with Crippen LogP contribution in [0.1, 0.15) is 174 Å². The average molecular weight is 996 g/mol. The van der Waals surface area contributed by atoms with Crippen LogP contribution in [0.3, 0.4) is 0 Å². The van der Waals surface area contributed by atoms with Crippen LogP contribution in [0.5, 0.6) is 0 Å². The van der Waals surface area contributed by atoms with Crippen LogP contribution in [0.4, 0.5) is 10.6 Å². The third kappa shape index (κ3) is 15.8. The number of aromatic nitrogens is 10. The molecule has 1 amide bonds. The minimum absolute atomic E-state index is 0.0620. The molecule has 388 valence electrons. The topological polar surface area (TPSA) is 206 Å². The second kappa shape index (κ2) is 24.7. The first kappa shape index (κ1) is 53.9. The van der Waals surface area contributed by atoms with E-state index < -0.39 is 29.3 Å². The van der Waals surface area contributed by atoms with E-state index >= 15 is 0 Å². The lowest BCUT2D eigenvalue weighted by molar-refractivity contribution is -0.155. The van der Waals surface area contributed by atoms with Crippen molar-refractivity contribution in [2.45, 2.75) is 181 Å². The Labute approximate surface area is 429 Å². The number of nitrogens with zero attached hydrogens (tertiary/aromatic N) is 11. The van der Waals surface area contributed by atoms with Crippen molar-refractivity contribution in [3.8, 4) is 0 Å². The molecule has 1 aliphatic carbocycles. The van der Waals surface area contributed by atoms with Crippen LogP contribution in [-0.4, -0.2) is 90.4 Å². The first-order valence-electron chi connectivity index (χ1n) is 25.9. The fourth-order valence-electron chi connectivity index (χ4n) is 9.30. The number of esters is 1. The zero-order valence-corrected chi connectivity index (χ0v) is 44.0. The van der Waals surface area contributed by atoms with E-state index in [2.05, 4.69) is 54.4 Å². The van der Waals surface area contributed by atoms with E-state index in [-0.39, 0.29) is 24.9 Å². The number of aryl methyl sites for hydroxylation is 9. The van der Waals surface area contributed by atoms with Gasteiger partial charge in [-0.15, -0.1) is 0 Å². The Balaban J connectivity index is 0.000000223. The molecule has 0 spiro atoms. The molecule has 2 aliphatic rings. The van der Waals surface area contributed by atoms with Crippen molar-refractivity contribution in [2.75, 3.05) is 11.4 Å². The summed E-state index contributed by atoms with van der Waals surface area (Å²) in [6.45, 7) is 15.4. The Bertz CT molecular complexity index is 2770. The number of carboxylic acids is 1. The van der Waals surface area contributed by atoms with E-state index in [1.54, 1.807) is 42.1 Å². The Hall–Kier alpha value is -6.91. The maximum Gasteiger partial charge on any atom is 0.416 e. The number of ether oxygens (including phenoxy) is 2. The number of anilines is 1. The van der Waals surface area contributed by atoms with Gasteiger partial charge in [0.2, 0.25) is 0 Å². The first-order valence-corrected chi connectivity index (χ1v) is 25.9. The number of rotatable bonds is 16. The molecular weight excluding hydrogens is 923 g/mol. The summed E-state index contributed by atoms with van der Waals surface area (Å²) in [6, 6.07) is 11.7. The van der Waals surface area contributed by atoms with Gasteiger partial charge in [0.05, 0.1) is 24.9 Å². The minimum atomic E-state index is -0.874. The molecule has 0 radical (unpaired) electrons. The predicted octanol–water partition coefficient (Wildman–Crippen LogP) is 9.84. The summed E-state index contributed by atoms with van der Waals surface area (Å²) in [5.41, 5.74) is 8.23. The molecule has 1 N–H and O–H groups in total. The number of carboxylic acid groups (broad SMARTS) is 1. The van der Waals surface area contributed by atoms with Crippen LogP contribution in [0.25, 0.3) is 0 Å². The number of aliphatic carboxylic acids is 1. The normalized spacial score (nSPS) is 14.6. The SMILES string of the molecule is Cc1ncc(C(CC(=O)O)n2nccc2CCCc2ccc3c(n2)CCCCC3)cn1.Cc1ncc(C(CC(=O)OC(C)(C)C)n2nccc2CCCc2ccc3c(n2)N(C(=O)OC(C)(C)C)CCCC3)cn1. The molecule has 17 nitrogen and oxygen atoms in total. The van der Waals surface area contributed by atoms with Crippen molar-refractivity contribution in [1.82, 2.24) is 49.5 Å². The van der Waals surface area contributed by atoms with E-state index in [0.29, 0.717) is 24.0 Å². The third-order valence-corrected chi connectivity index (χ3v) is 12.8. The second-order valence-corrected chi connectivity index (χ2v) is 21.1. The number of pyridine rings is 2. The summed E-state index contributed by atoms with van der Waals surface area (Å²) in [6.07, 6.45) is 23.8.